The van der Waals surface area contributed by atoms with Gasteiger partial charge in [-0.2, -0.15) is 13.2 Å². The molecule has 0 bridgehead atoms. The number of nitrogens with zero attached hydrogens (tertiary/aromatic N) is 1. The summed E-state index contributed by atoms with van der Waals surface area (Å²) in [5, 5.41) is 10.7. The summed E-state index contributed by atoms with van der Waals surface area (Å²) in [5.74, 6) is -1.87. The molecule has 0 spiro atoms. The van der Waals surface area contributed by atoms with Crippen LogP contribution in [0.1, 0.15) is 5.56 Å². The van der Waals surface area contributed by atoms with Gasteiger partial charge in [0.2, 0.25) is 0 Å². The quantitative estimate of drug-likeness (QED) is 0.781. The summed E-state index contributed by atoms with van der Waals surface area (Å²) in [6.07, 6.45) is -1.01. The maximum atomic E-state index is 11.8. The molecule has 0 radical (unpaired) electrons. The first kappa shape index (κ1) is 16.6. The first-order chi connectivity index (χ1) is 9.76. The van der Waals surface area contributed by atoms with E-state index in [0.29, 0.717) is 5.56 Å². The Morgan fingerprint density at radius 2 is 2.14 bits per heavy atom. The normalized spacial score (nSPS) is 11.6. The molecule has 0 aliphatic rings. The highest BCUT2D eigenvalue weighted by atomic mass is 19.4. The summed E-state index contributed by atoms with van der Waals surface area (Å²) in [7, 11) is 0. The van der Waals surface area contributed by atoms with Crippen LogP contribution < -0.4 is 5.32 Å². The molecule has 2 N–H and O–H groups in total. The molecule has 0 aromatic carbocycles. The van der Waals surface area contributed by atoms with E-state index in [4.69, 9.17) is 5.11 Å². The summed E-state index contributed by atoms with van der Waals surface area (Å²) in [5.41, 5.74) is 0.457. The van der Waals surface area contributed by atoms with Crippen LogP contribution in [0.15, 0.2) is 24.4 Å². The first-order valence-corrected chi connectivity index (χ1v) is 5.58. The molecule has 1 rings (SSSR count). The monoisotopic (exact) mass is 304 g/mol. The summed E-state index contributed by atoms with van der Waals surface area (Å²) in [6, 6.07) is 2.86. The number of aromatic nitrogens is 1. The number of anilines is 1. The van der Waals surface area contributed by atoms with Crippen molar-refractivity contribution in [1.29, 1.82) is 0 Å². The van der Waals surface area contributed by atoms with Crippen molar-refractivity contribution in [3.63, 3.8) is 0 Å². The summed E-state index contributed by atoms with van der Waals surface area (Å²) < 4.78 is 39.6. The van der Waals surface area contributed by atoms with Gasteiger partial charge in [-0.1, -0.05) is 0 Å². The number of amides is 1. The van der Waals surface area contributed by atoms with E-state index in [2.05, 4.69) is 15.0 Å². The number of carboxylic acids is 1. The van der Waals surface area contributed by atoms with Gasteiger partial charge in [-0.3, -0.25) is 4.79 Å². The maximum Gasteiger partial charge on any atom is 0.411 e. The predicted octanol–water partition coefficient (Wildman–Crippen LogP) is 1.70. The molecular weight excluding hydrogens is 293 g/mol. The number of carboxylic acid groups (broad SMARTS) is 1. The minimum absolute atomic E-state index is 0.0724. The van der Waals surface area contributed by atoms with Crippen LogP contribution in [-0.2, 0) is 14.3 Å². The number of carbonyl (C=O) groups excluding carboxylic acids is 1. The fourth-order valence-corrected chi connectivity index (χ4v) is 1.22. The van der Waals surface area contributed by atoms with E-state index in [1.807, 2.05) is 0 Å². The average molecular weight is 304 g/mol. The number of hydrogen-bond acceptors (Lipinski definition) is 4. The second-order valence-corrected chi connectivity index (χ2v) is 3.80. The van der Waals surface area contributed by atoms with E-state index in [9.17, 15) is 22.8 Å². The van der Waals surface area contributed by atoms with Crippen LogP contribution in [0, 0.1) is 0 Å². The van der Waals surface area contributed by atoms with E-state index < -0.39 is 31.3 Å². The zero-order valence-electron chi connectivity index (χ0n) is 10.6. The van der Waals surface area contributed by atoms with Crippen molar-refractivity contribution < 1.29 is 32.6 Å². The molecule has 1 amide bonds. The highest BCUT2D eigenvalue weighted by molar-refractivity contribution is 5.91. The molecule has 1 heterocycles. The van der Waals surface area contributed by atoms with Crippen molar-refractivity contribution in [3.8, 4) is 0 Å². The lowest BCUT2D eigenvalue weighted by molar-refractivity contribution is -0.174. The van der Waals surface area contributed by atoms with Crippen LogP contribution in [0.2, 0.25) is 0 Å². The van der Waals surface area contributed by atoms with Crippen LogP contribution in [0.4, 0.5) is 19.0 Å². The van der Waals surface area contributed by atoms with Gasteiger partial charge in [0.05, 0.1) is 0 Å². The Balaban J connectivity index is 2.53. The molecule has 0 fully saturated rings. The summed E-state index contributed by atoms with van der Waals surface area (Å²) in [4.78, 5) is 25.4. The van der Waals surface area contributed by atoms with Crippen molar-refractivity contribution in [3.05, 3.63) is 30.0 Å². The molecule has 9 heteroatoms. The smallest absolute Gasteiger partial charge is 0.411 e. The molecular formula is C12H11F3N2O4. The van der Waals surface area contributed by atoms with Gasteiger partial charge in [0, 0.05) is 12.3 Å². The predicted molar refractivity (Wildman–Crippen MR) is 66.4 cm³/mol. The number of halogens is 3. The molecule has 6 nitrogen and oxygen atoms in total. The number of rotatable bonds is 6. The van der Waals surface area contributed by atoms with Crippen LogP contribution in [0.25, 0.3) is 6.08 Å². The minimum atomic E-state index is -4.50. The van der Waals surface area contributed by atoms with Gasteiger partial charge in [-0.15, -0.1) is 0 Å². The van der Waals surface area contributed by atoms with Crippen molar-refractivity contribution in [2.45, 2.75) is 6.18 Å². The molecule has 1 aromatic rings. The third-order valence-corrected chi connectivity index (χ3v) is 1.97. The SMILES string of the molecule is O=C(O)/C=C/c1ccnc(NC(=O)COCC(F)(F)F)c1. The number of nitrogens with one attached hydrogen (secondary N) is 1. The Bertz CT molecular complexity index is 544. The van der Waals surface area contributed by atoms with Gasteiger partial charge in [-0.25, -0.2) is 9.78 Å². The van der Waals surface area contributed by atoms with Crippen molar-refractivity contribution in [2.24, 2.45) is 0 Å². The van der Waals surface area contributed by atoms with Crippen molar-refractivity contribution in [1.82, 2.24) is 4.98 Å². The maximum absolute atomic E-state index is 11.8. The van der Waals surface area contributed by atoms with Gasteiger partial charge in [0.15, 0.2) is 0 Å². The Morgan fingerprint density at radius 3 is 2.76 bits per heavy atom. The van der Waals surface area contributed by atoms with Crippen molar-refractivity contribution in [2.75, 3.05) is 18.5 Å². The third-order valence-electron chi connectivity index (χ3n) is 1.97. The number of carbonyl (C=O) groups is 2. The van der Waals surface area contributed by atoms with E-state index in [0.717, 1.165) is 6.08 Å². The second kappa shape index (κ2) is 7.39. The van der Waals surface area contributed by atoms with Crippen LogP contribution in [-0.4, -0.2) is 41.4 Å². The zero-order chi connectivity index (χ0) is 15.9. The second-order valence-electron chi connectivity index (χ2n) is 3.80. The lowest BCUT2D eigenvalue weighted by Crippen LogP contribution is -2.24. The lowest BCUT2D eigenvalue weighted by Gasteiger charge is -2.08. The Hall–Kier alpha value is -2.42. The van der Waals surface area contributed by atoms with Gasteiger partial charge in [-0.05, 0) is 23.8 Å². The largest absolute Gasteiger partial charge is 0.478 e. The van der Waals surface area contributed by atoms with Crippen molar-refractivity contribution >= 4 is 23.8 Å². The van der Waals surface area contributed by atoms with Crippen LogP contribution in [0.5, 0.6) is 0 Å². The number of ether oxygens (including phenoxy) is 1. The Labute approximate surface area is 117 Å². The fourth-order valence-electron chi connectivity index (χ4n) is 1.22. The standard InChI is InChI=1S/C12H11F3N2O4/c13-12(14,15)7-21-6-10(18)17-9-5-8(3-4-16-9)1-2-11(19)20/h1-5H,6-7H2,(H,19,20)(H,16,17,18)/b2-1+. The van der Waals surface area contributed by atoms with Gasteiger partial charge in [0.25, 0.3) is 5.91 Å². The zero-order valence-corrected chi connectivity index (χ0v) is 10.6. The molecule has 0 aliphatic heterocycles. The van der Waals surface area contributed by atoms with Gasteiger partial charge in [0.1, 0.15) is 19.0 Å². The molecule has 0 saturated carbocycles. The number of hydrogen-bond donors (Lipinski definition) is 2. The van der Waals surface area contributed by atoms with Gasteiger partial charge >= 0.3 is 12.1 Å². The third kappa shape index (κ3) is 7.67. The van der Waals surface area contributed by atoms with E-state index in [1.54, 1.807) is 0 Å². The van der Waals surface area contributed by atoms with E-state index in [1.165, 1.54) is 24.4 Å². The molecule has 0 aliphatic carbocycles. The van der Waals surface area contributed by atoms with Crippen LogP contribution in [0.3, 0.4) is 0 Å². The molecule has 1 aromatic heterocycles. The minimum Gasteiger partial charge on any atom is -0.478 e. The molecule has 0 unspecified atom stereocenters. The first-order valence-electron chi connectivity index (χ1n) is 5.58. The lowest BCUT2D eigenvalue weighted by atomic mass is 10.2. The Morgan fingerprint density at radius 1 is 1.43 bits per heavy atom. The van der Waals surface area contributed by atoms with Crippen LogP contribution >= 0.6 is 0 Å². The summed E-state index contributed by atoms with van der Waals surface area (Å²) >= 11 is 0. The highest BCUT2D eigenvalue weighted by Gasteiger charge is 2.27. The average Bonchev–Trinajstić information content (AvgIpc) is 2.35. The molecule has 0 atom stereocenters. The molecule has 21 heavy (non-hydrogen) atoms. The van der Waals surface area contributed by atoms with Gasteiger partial charge < -0.3 is 15.2 Å². The highest BCUT2D eigenvalue weighted by Crippen LogP contribution is 2.14. The number of aliphatic carboxylic acids is 1. The fraction of sp³-hybridized carbons (Fsp3) is 0.250. The number of pyridine rings is 1. The van der Waals surface area contributed by atoms with E-state index in [-0.39, 0.29) is 5.82 Å². The number of alkyl halides is 3. The topological polar surface area (TPSA) is 88.5 Å². The Kier molecular flexibility index (Phi) is 5.85. The molecule has 0 saturated heterocycles. The van der Waals surface area contributed by atoms with E-state index >= 15 is 0 Å². The summed E-state index contributed by atoms with van der Waals surface area (Å²) in [6.45, 7) is -2.29. The molecule has 114 valence electrons.